The van der Waals surface area contributed by atoms with Crippen molar-refractivity contribution >= 4 is 16.9 Å². The predicted octanol–water partition coefficient (Wildman–Crippen LogP) is 2.26. The Labute approximate surface area is 252 Å². The molecule has 0 bridgehead atoms. The molecule has 12 nitrogen and oxygen atoms in total. The average Bonchev–Trinajstić information content (AvgIpc) is 3.65. The van der Waals surface area contributed by atoms with Gasteiger partial charge in [-0.1, -0.05) is 6.07 Å². The molecular weight excluding hydrogens is 546 g/mol. The van der Waals surface area contributed by atoms with E-state index in [2.05, 4.69) is 40.1 Å². The standard InChI is InChI=1S/C31H45N9O3/c1-17(2)39(13-23-26(41)27(42)30(43-23)40-16-34-25-28(33)35-15-38(5)29(25)40)20-10-18(11-20)6-9-24-36-21-8-7-19(12-22(21)37-24)31(3,4)14-32/h7-8,12,16-18,20,23,26-28,30,35,41-42H,6,9-11,13,15,33H2,1-5H3,(H,36,37)/t18?,20?,23-,26-,27-,28?,30-/m1/s1. The number of aromatic nitrogens is 4. The lowest BCUT2D eigenvalue weighted by Gasteiger charge is -2.46. The van der Waals surface area contributed by atoms with Gasteiger partial charge in [-0.3, -0.25) is 14.8 Å². The molecule has 1 saturated heterocycles. The highest BCUT2D eigenvalue weighted by atomic mass is 16.6. The van der Waals surface area contributed by atoms with Gasteiger partial charge in [0.2, 0.25) is 0 Å². The molecule has 0 radical (unpaired) electrons. The molecule has 2 fully saturated rings. The van der Waals surface area contributed by atoms with E-state index in [0.717, 1.165) is 53.9 Å². The van der Waals surface area contributed by atoms with Gasteiger partial charge in [-0.2, -0.15) is 5.26 Å². The summed E-state index contributed by atoms with van der Waals surface area (Å²) in [6, 6.07) is 9.09. The average molecular weight is 592 g/mol. The molecule has 3 aliphatic rings. The van der Waals surface area contributed by atoms with Crippen molar-refractivity contribution in [3.8, 4) is 6.07 Å². The van der Waals surface area contributed by atoms with Crippen LogP contribution in [0.5, 0.6) is 0 Å². The topological polar surface area (TPSA) is 165 Å². The Balaban J connectivity index is 1.05. The molecule has 3 aromatic rings. The van der Waals surface area contributed by atoms with Crippen LogP contribution in [-0.2, 0) is 16.6 Å². The molecule has 2 aliphatic heterocycles. The Morgan fingerprint density at radius 1 is 1.26 bits per heavy atom. The number of aliphatic hydroxyl groups is 2. The van der Waals surface area contributed by atoms with E-state index in [-0.39, 0.29) is 6.04 Å². The Kier molecular flexibility index (Phi) is 8.00. The number of imidazole rings is 2. The molecule has 4 heterocycles. The van der Waals surface area contributed by atoms with Gasteiger partial charge in [-0.05, 0) is 70.6 Å². The lowest BCUT2D eigenvalue weighted by Crippen LogP contribution is -2.52. The first-order valence-electron chi connectivity index (χ1n) is 15.4. The number of nitrogens with two attached hydrogens (primary N) is 1. The summed E-state index contributed by atoms with van der Waals surface area (Å²) in [7, 11) is 1.93. The summed E-state index contributed by atoms with van der Waals surface area (Å²) in [5.74, 6) is 2.38. The van der Waals surface area contributed by atoms with E-state index in [1.54, 1.807) is 10.9 Å². The summed E-state index contributed by atoms with van der Waals surface area (Å²) >= 11 is 0. The smallest absolute Gasteiger partial charge is 0.165 e. The minimum atomic E-state index is -1.07. The van der Waals surface area contributed by atoms with Crippen LogP contribution in [0, 0.1) is 17.2 Å². The third kappa shape index (κ3) is 5.54. The van der Waals surface area contributed by atoms with Crippen LogP contribution in [0.4, 0.5) is 5.82 Å². The largest absolute Gasteiger partial charge is 0.387 e. The first kappa shape index (κ1) is 30.0. The zero-order valence-corrected chi connectivity index (χ0v) is 25.7. The van der Waals surface area contributed by atoms with Crippen LogP contribution < -0.4 is 16.0 Å². The predicted molar refractivity (Wildman–Crippen MR) is 163 cm³/mol. The summed E-state index contributed by atoms with van der Waals surface area (Å²) in [5.41, 5.74) is 9.22. The molecule has 6 N–H and O–H groups in total. The molecule has 12 heteroatoms. The minimum absolute atomic E-state index is 0.274. The lowest BCUT2D eigenvalue weighted by atomic mass is 9.76. The maximum atomic E-state index is 11.0. The molecule has 6 rings (SSSR count). The lowest BCUT2D eigenvalue weighted by molar-refractivity contribution is -0.0628. The van der Waals surface area contributed by atoms with Crippen molar-refractivity contribution in [2.75, 3.05) is 25.2 Å². The van der Waals surface area contributed by atoms with Crippen LogP contribution in [0.2, 0.25) is 0 Å². The summed E-state index contributed by atoms with van der Waals surface area (Å²) in [4.78, 5) is 17.1. The number of hydrogen-bond acceptors (Lipinski definition) is 10. The van der Waals surface area contributed by atoms with Crippen molar-refractivity contribution in [1.82, 2.24) is 29.7 Å². The molecule has 1 aromatic carbocycles. The second-order valence-corrected chi connectivity index (χ2v) is 13.4. The third-order valence-corrected chi connectivity index (χ3v) is 9.67. The van der Waals surface area contributed by atoms with Gasteiger partial charge < -0.3 is 30.6 Å². The number of nitrogens with zero attached hydrogens (tertiary/aromatic N) is 6. The van der Waals surface area contributed by atoms with Crippen LogP contribution in [0.25, 0.3) is 11.0 Å². The van der Waals surface area contributed by atoms with Crippen LogP contribution >= 0.6 is 0 Å². The van der Waals surface area contributed by atoms with Gasteiger partial charge >= 0.3 is 0 Å². The van der Waals surface area contributed by atoms with Crippen molar-refractivity contribution < 1.29 is 14.9 Å². The number of hydrogen-bond donors (Lipinski definition) is 5. The maximum Gasteiger partial charge on any atom is 0.165 e. The van der Waals surface area contributed by atoms with Gasteiger partial charge in [0.15, 0.2) is 6.23 Å². The summed E-state index contributed by atoms with van der Waals surface area (Å²) < 4.78 is 8.14. The van der Waals surface area contributed by atoms with Gasteiger partial charge in [0.1, 0.15) is 41.8 Å². The highest BCUT2D eigenvalue weighted by Gasteiger charge is 2.47. The Morgan fingerprint density at radius 3 is 2.74 bits per heavy atom. The number of anilines is 1. The van der Waals surface area contributed by atoms with Gasteiger partial charge in [0.25, 0.3) is 0 Å². The molecule has 43 heavy (non-hydrogen) atoms. The van der Waals surface area contributed by atoms with Crippen molar-refractivity contribution in [2.45, 2.75) is 102 Å². The van der Waals surface area contributed by atoms with Gasteiger partial charge in [-0.25, -0.2) is 9.97 Å². The normalized spacial score (nSPS) is 29.3. The highest BCUT2D eigenvalue weighted by Crippen LogP contribution is 2.39. The van der Waals surface area contributed by atoms with Crippen molar-refractivity contribution in [2.24, 2.45) is 11.7 Å². The fraction of sp³-hybridized carbons (Fsp3) is 0.645. The van der Waals surface area contributed by atoms with Crippen LogP contribution in [0.1, 0.15) is 76.4 Å². The Bertz CT molecular complexity index is 1490. The number of aromatic amines is 1. The zero-order chi connectivity index (χ0) is 30.6. The molecule has 5 atom stereocenters. The molecule has 1 aliphatic carbocycles. The van der Waals surface area contributed by atoms with Crippen molar-refractivity contribution in [3.05, 3.63) is 41.6 Å². The van der Waals surface area contributed by atoms with Crippen LogP contribution in [0.15, 0.2) is 24.5 Å². The highest BCUT2D eigenvalue weighted by molar-refractivity contribution is 5.76. The third-order valence-electron chi connectivity index (χ3n) is 9.67. The second-order valence-electron chi connectivity index (χ2n) is 13.4. The number of benzene rings is 1. The second kappa shape index (κ2) is 11.5. The monoisotopic (exact) mass is 591 g/mol. The zero-order valence-electron chi connectivity index (χ0n) is 25.7. The first-order chi connectivity index (χ1) is 20.5. The Hall–Kier alpha value is -3.05. The number of nitrogens with one attached hydrogen (secondary N) is 2. The summed E-state index contributed by atoms with van der Waals surface area (Å²) in [6.07, 6.45) is 2.01. The molecule has 0 spiro atoms. The summed E-state index contributed by atoms with van der Waals surface area (Å²) in [5, 5.41) is 34.7. The van der Waals surface area contributed by atoms with Gasteiger partial charge in [-0.15, -0.1) is 0 Å². The fourth-order valence-corrected chi connectivity index (χ4v) is 6.85. The minimum Gasteiger partial charge on any atom is -0.387 e. The first-order valence-corrected chi connectivity index (χ1v) is 15.4. The van der Waals surface area contributed by atoms with Crippen molar-refractivity contribution in [1.29, 1.82) is 5.26 Å². The van der Waals surface area contributed by atoms with Gasteiger partial charge in [0, 0.05) is 32.1 Å². The Morgan fingerprint density at radius 2 is 2.02 bits per heavy atom. The van der Waals surface area contributed by atoms with E-state index in [1.807, 2.05) is 44.0 Å². The molecule has 0 amide bonds. The van der Waals surface area contributed by atoms with Crippen LogP contribution in [0.3, 0.4) is 0 Å². The molecule has 1 saturated carbocycles. The maximum absolute atomic E-state index is 11.0. The number of rotatable bonds is 9. The van der Waals surface area contributed by atoms with E-state index >= 15 is 0 Å². The number of nitriles is 1. The number of aliphatic hydroxyl groups excluding tert-OH is 2. The van der Waals surface area contributed by atoms with E-state index < -0.39 is 36.1 Å². The molecule has 2 aromatic heterocycles. The number of aryl methyl sites for hydroxylation is 1. The van der Waals surface area contributed by atoms with E-state index in [1.165, 1.54) is 0 Å². The number of H-pyrrole nitrogens is 1. The van der Waals surface area contributed by atoms with Gasteiger partial charge in [0.05, 0.1) is 35.5 Å². The molecular formula is C31H45N9O3. The molecule has 1 unspecified atom stereocenters. The summed E-state index contributed by atoms with van der Waals surface area (Å²) in [6.45, 7) is 9.30. The fourth-order valence-electron chi connectivity index (χ4n) is 6.85. The molecule has 232 valence electrons. The van der Waals surface area contributed by atoms with E-state index in [0.29, 0.717) is 30.9 Å². The number of fused-ring (bicyclic) bond motifs is 2. The van der Waals surface area contributed by atoms with Crippen molar-refractivity contribution in [3.63, 3.8) is 0 Å². The van der Waals surface area contributed by atoms with Crippen LogP contribution in [-0.4, -0.2) is 85.3 Å². The van der Waals surface area contributed by atoms with E-state index in [9.17, 15) is 15.5 Å². The number of ether oxygens (including phenoxy) is 1. The SMILES string of the molecule is CC(C)N(C[C@H]1O[C@@H](n2cnc3c2N(C)CNC3N)[C@H](O)[C@@H]1O)C1CC(CCc2nc3cc(C(C)(C)C#N)ccc3[nH]2)C1. The quantitative estimate of drug-likeness (QED) is 0.249. The van der Waals surface area contributed by atoms with E-state index in [4.69, 9.17) is 15.5 Å².